The number of hydrazine groups is 1. The third-order valence-corrected chi connectivity index (χ3v) is 2.57. The van der Waals surface area contributed by atoms with E-state index in [0.717, 1.165) is 16.9 Å². The molecule has 0 unspecified atom stereocenters. The Hall–Kier alpha value is 0.137. The molecule has 0 atom stereocenters. The maximum absolute atomic E-state index is 2.26. The molecule has 0 bridgehead atoms. The largest absolute Gasteiger partial charge is 0.275 e. The van der Waals surface area contributed by atoms with Crippen molar-refractivity contribution >= 4 is 10.4 Å². The second kappa shape index (κ2) is 3.18. The molecule has 0 aromatic heterocycles. The van der Waals surface area contributed by atoms with Crippen LogP contribution in [0.15, 0.2) is 0 Å². The first-order chi connectivity index (χ1) is 3.18. The van der Waals surface area contributed by atoms with Gasteiger partial charge in [0.2, 0.25) is 0 Å². The van der Waals surface area contributed by atoms with Crippen molar-refractivity contribution < 1.29 is 0 Å². The van der Waals surface area contributed by atoms with Gasteiger partial charge in [-0.25, -0.2) is 0 Å². The van der Waals surface area contributed by atoms with Crippen LogP contribution in [0.1, 0.15) is 6.92 Å². The first-order valence-electron chi connectivity index (χ1n) is 2.56. The molecule has 0 spiro atoms. The van der Waals surface area contributed by atoms with Crippen LogP contribution in [0.2, 0.25) is 0 Å². The van der Waals surface area contributed by atoms with Crippen molar-refractivity contribution in [1.82, 2.24) is 9.68 Å². The van der Waals surface area contributed by atoms with E-state index in [2.05, 4.69) is 30.7 Å². The van der Waals surface area contributed by atoms with Gasteiger partial charge in [-0.1, -0.05) is 6.92 Å². The van der Waals surface area contributed by atoms with Crippen LogP contribution in [0, 0.1) is 0 Å². The van der Waals surface area contributed by atoms with E-state index in [1.807, 2.05) is 0 Å². The Bertz CT molecular complexity index is 47.0. The fourth-order valence-electron chi connectivity index (χ4n) is 0.283. The van der Waals surface area contributed by atoms with Crippen LogP contribution < -0.4 is 0 Å². The molecule has 0 saturated heterocycles. The quantitative estimate of drug-likeness (QED) is 0.341. The summed E-state index contributed by atoms with van der Waals surface area (Å²) in [5.74, 6) is 0. The molecule has 0 saturated carbocycles. The van der Waals surface area contributed by atoms with Crippen molar-refractivity contribution in [3.8, 4) is 0 Å². The van der Waals surface area contributed by atoms with E-state index >= 15 is 0 Å². The molecule has 0 N–H and O–H groups in total. The van der Waals surface area contributed by atoms with Gasteiger partial charge in [0.05, 0.1) is 10.4 Å². The van der Waals surface area contributed by atoms with Crippen molar-refractivity contribution in [2.24, 2.45) is 0 Å². The lowest BCUT2D eigenvalue weighted by atomic mass is 10.8. The Kier molecular flexibility index (Phi) is 3.24. The van der Waals surface area contributed by atoms with Gasteiger partial charge in [0.1, 0.15) is 0 Å². The molecule has 0 aliphatic rings. The predicted octanol–water partition coefficient (Wildman–Crippen LogP) is -0.935. The summed E-state index contributed by atoms with van der Waals surface area (Å²) in [5.41, 5.74) is 0. The van der Waals surface area contributed by atoms with Gasteiger partial charge in [0.15, 0.2) is 0 Å². The molecule has 0 aliphatic carbocycles. The van der Waals surface area contributed by atoms with Crippen LogP contribution in [0.3, 0.4) is 0 Å². The van der Waals surface area contributed by atoms with Gasteiger partial charge >= 0.3 is 0 Å². The second-order valence-corrected chi connectivity index (χ2v) is 2.85. The van der Waals surface area contributed by atoms with Crippen LogP contribution in [0.4, 0.5) is 0 Å². The van der Waals surface area contributed by atoms with Crippen molar-refractivity contribution in [2.45, 2.75) is 6.92 Å². The van der Waals surface area contributed by atoms with Gasteiger partial charge in [-0.3, -0.25) is 9.68 Å². The first kappa shape index (κ1) is 7.14. The summed E-state index contributed by atoms with van der Waals surface area (Å²) in [6.07, 6.45) is 0. The van der Waals surface area contributed by atoms with E-state index in [-0.39, 0.29) is 0 Å². The molecule has 3 heteroatoms. The zero-order valence-electron chi connectivity index (χ0n) is 5.60. The molecule has 0 fully saturated rings. The predicted molar refractivity (Wildman–Crippen MR) is 36.0 cm³/mol. The highest BCUT2D eigenvalue weighted by Crippen LogP contribution is 1.79. The average Bonchev–Trinajstić information content (AvgIpc) is 1.65. The van der Waals surface area contributed by atoms with Gasteiger partial charge in [-0.15, -0.1) is 0 Å². The lowest BCUT2D eigenvalue weighted by Crippen LogP contribution is -2.33. The average molecular weight is 118 g/mol. The Morgan fingerprint density at radius 1 is 1.43 bits per heavy atom. The topological polar surface area (TPSA) is 6.48 Å². The monoisotopic (exact) mass is 118 g/mol. The summed E-state index contributed by atoms with van der Waals surface area (Å²) in [6, 6.07) is 0. The van der Waals surface area contributed by atoms with E-state index in [9.17, 15) is 0 Å². The maximum Gasteiger partial charge on any atom is 0.0986 e. The Balaban J connectivity index is 3.14. The highest BCUT2D eigenvalue weighted by molar-refractivity contribution is 6.03. The zero-order valence-corrected chi connectivity index (χ0v) is 7.60. The number of nitrogens with zero attached hydrogens (tertiary/aromatic N) is 2. The van der Waals surface area contributed by atoms with Gasteiger partial charge in [-0.05, 0) is 0 Å². The number of rotatable bonds is 2. The summed E-state index contributed by atoms with van der Waals surface area (Å²) in [5, 5.41) is 2.12. The third kappa shape index (κ3) is 2.79. The van der Waals surface area contributed by atoms with Crippen molar-refractivity contribution in [3.05, 3.63) is 0 Å². The summed E-state index contributed by atoms with van der Waals surface area (Å²) in [7, 11) is 5.27. The summed E-state index contributed by atoms with van der Waals surface area (Å²) < 4.78 is 2.26. The zero-order chi connectivity index (χ0) is 5.86. The first-order valence-corrected chi connectivity index (χ1v) is 3.46. The minimum atomic E-state index is 1.13. The summed E-state index contributed by atoms with van der Waals surface area (Å²) >= 11 is 0. The fourth-order valence-corrected chi connectivity index (χ4v) is 0.283. The summed E-state index contributed by atoms with van der Waals surface area (Å²) in [6.45, 7) is 3.30. The van der Waals surface area contributed by atoms with E-state index < -0.39 is 0 Å². The number of hydrogen-bond acceptors (Lipinski definition) is 2. The molecule has 0 aromatic rings. The fraction of sp³-hybridized carbons (Fsp3) is 1.00. The lowest BCUT2D eigenvalue weighted by Gasteiger charge is -2.22. The number of hydrogen-bond donors (Lipinski definition) is 0. The molecule has 0 rings (SSSR count). The van der Waals surface area contributed by atoms with Gasteiger partial charge in [0.25, 0.3) is 0 Å². The molecule has 0 amide bonds. The molecule has 0 aliphatic heterocycles. The molecular formula is C4H14N2Si. The van der Waals surface area contributed by atoms with Crippen molar-refractivity contribution in [1.29, 1.82) is 0 Å². The minimum Gasteiger partial charge on any atom is -0.275 e. The molecule has 2 nitrogen and oxygen atoms in total. The Morgan fingerprint density at radius 3 is 1.86 bits per heavy atom. The highest BCUT2D eigenvalue weighted by atomic mass is 28.2. The standard InChI is InChI=1S/C4H14N2Si/c1-4-6(7)5(2)3/h4H2,1-3,7H3. The smallest absolute Gasteiger partial charge is 0.0986 e. The van der Waals surface area contributed by atoms with E-state index in [1.54, 1.807) is 0 Å². The van der Waals surface area contributed by atoms with Crippen LogP contribution in [-0.2, 0) is 0 Å². The molecule has 7 heavy (non-hydrogen) atoms. The Labute approximate surface area is 48.6 Å². The molecule has 0 aromatic carbocycles. The van der Waals surface area contributed by atoms with E-state index in [0.29, 0.717) is 0 Å². The molecule has 0 radical (unpaired) electrons. The van der Waals surface area contributed by atoms with Crippen molar-refractivity contribution in [2.75, 3.05) is 20.6 Å². The molecular weight excluding hydrogens is 104 g/mol. The van der Waals surface area contributed by atoms with Crippen LogP contribution in [-0.4, -0.2) is 40.7 Å². The SMILES string of the molecule is CCN([SiH3])N(C)C. The minimum absolute atomic E-state index is 1.13. The molecule has 44 valence electrons. The van der Waals surface area contributed by atoms with Crippen molar-refractivity contribution in [3.63, 3.8) is 0 Å². The van der Waals surface area contributed by atoms with Crippen LogP contribution in [0.5, 0.6) is 0 Å². The lowest BCUT2D eigenvalue weighted by molar-refractivity contribution is 0.138. The van der Waals surface area contributed by atoms with Gasteiger partial charge in [-0.2, -0.15) is 0 Å². The highest BCUT2D eigenvalue weighted by Gasteiger charge is 1.91. The van der Waals surface area contributed by atoms with E-state index in [4.69, 9.17) is 0 Å². The van der Waals surface area contributed by atoms with Gasteiger partial charge in [0, 0.05) is 20.6 Å². The maximum atomic E-state index is 2.26. The normalized spacial score (nSPS) is 11.6. The van der Waals surface area contributed by atoms with E-state index in [1.165, 1.54) is 0 Å². The summed E-state index contributed by atoms with van der Waals surface area (Å²) in [4.78, 5) is 0. The van der Waals surface area contributed by atoms with Crippen LogP contribution in [0.25, 0.3) is 0 Å². The third-order valence-electron chi connectivity index (χ3n) is 1.14. The van der Waals surface area contributed by atoms with Gasteiger partial charge < -0.3 is 0 Å². The molecule has 0 heterocycles. The second-order valence-electron chi connectivity index (χ2n) is 1.82. The van der Waals surface area contributed by atoms with Crippen LogP contribution >= 0.6 is 0 Å². The Morgan fingerprint density at radius 2 is 1.86 bits per heavy atom.